The van der Waals surface area contributed by atoms with Crippen molar-refractivity contribution in [2.45, 2.75) is 6.36 Å². The highest BCUT2D eigenvalue weighted by Gasteiger charge is 2.31. The van der Waals surface area contributed by atoms with Gasteiger partial charge in [-0.05, 0) is 48.0 Å². The van der Waals surface area contributed by atoms with Gasteiger partial charge in [0, 0.05) is 29.0 Å². The summed E-state index contributed by atoms with van der Waals surface area (Å²) in [5.41, 5.74) is 1.69. The number of aromatic nitrogens is 2. The number of ether oxygens (including phenoxy) is 1. The first-order chi connectivity index (χ1) is 13.3. The highest BCUT2D eigenvalue weighted by Crippen LogP contribution is 2.28. The van der Waals surface area contributed by atoms with Crippen LogP contribution in [0.1, 0.15) is 0 Å². The minimum atomic E-state index is -4.79. The van der Waals surface area contributed by atoms with E-state index in [1.54, 1.807) is 30.6 Å². The number of alkyl halides is 3. The second kappa shape index (κ2) is 6.56. The Labute approximate surface area is 155 Å². The van der Waals surface area contributed by atoms with Crippen LogP contribution in [-0.4, -0.2) is 15.9 Å². The number of pyridine rings is 1. The van der Waals surface area contributed by atoms with E-state index in [0.717, 1.165) is 12.1 Å². The highest BCUT2D eigenvalue weighted by atomic mass is 19.4. The molecule has 0 radical (unpaired) electrons. The number of H-pyrrole nitrogens is 1. The summed E-state index contributed by atoms with van der Waals surface area (Å²) in [6.07, 6.45) is -1.60. The molecule has 0 unspecified atom stereocenters. The minimum Gasteiger partial charge on any atom is -0.406 e. The summed E-state index contributed by atoms with van der Waals surface area (Å²) in [6.45, 7) is 0. The fraction of sp³-hybridized carbons (Fsp3) is 0.0500. The Morgan fingerprint density at radius 3 is 2.25 bits per heavy atom. The molecule has 0 amide bonds. The summed E-state index contributed by atoms with van der Waals surface area (Å²) < 4.78 is 55.4. The number of benzene rings is 2. The molecule has 2 heterocycles. The van der Waals surface area contributed by atoms with E-state index in [1.165, 1.54) is 28.8 Å². The Balaban J connectivity index is 1.85. The van der Waals surface area contributed by atoms with Crippen LogP contribution in [0.25, 0.3) is 27.7 Å². The van der Waals surface area contributed by atoms with Crippen LogP contribution in [0.15, 0.2) is 71.8 Å². The average molecular weight is 388 g/mol. The number of rotatable bonds is 3. The predicted octanol–water partition coefficient (Wildman–Crippen LogP) is 5.02. The third-order valence-electron chi connectivity index (χ3n) is 4.23. The molecule has 4 rings (SSSR count). The lowest BCUT2D eigenvalue weighted by Crippen LogP contribution is -2.19. The number of aromatic amines is 1. The molecule has 0 atom stereocenters. The third-order valence-corrected chi connectivity index (χ3v) is 4.23. The molecule has 142 valence electrons. The van der Waals surface area contributed by atoms with Crippen LogP contribution in [0.5, 0.6) is 5.75 Å². The smallest absolute Gasteiger partial charge is 0.406 e. The van der Waals surface area contributed by atoms with E-state index >= 15 is 0 Å². The Morgan fingerprint density at radius 1 is 0.929 bits per heavy atom. The van der Waals surface area contributed by atoms with Crippen LogP contribution in [0, 0.1) is 5.82 Å². The van der Waals surface area contributed by atoms with Crippen LogP contribution in [0.2, 0.25) is 0 Å². The van der Waals surface area contributed by atoms with E-state index in [2.05, 4.69) is 9.72 Å². The van der Waals surface area contributed by atoms with E-state index in [4.69, 9.17) is 0 Å². The van der Waals surface area contributed by atoms with E-state index in [0.29, 0.717) is 27.7 Å². The van der Waals surface area contributed by atoms with E-state index in [1.807, 2.05) is 0 Å². The van der Waals surface area contributed by atoms with Gasteiger partial charge in [0.15, 0.2) is 0 Å². The molecule has 28 heavy (non-hydrogen) atoms. The molecule has 0 aliphatic rings. The lowest BCUT2D eigenvalue weighted by molar-refractivity contribution is -0.274. The molecule has 0 saturated heterocycles. The summed E-state index contributed by atoms with van der Waals surface area (Å²) in [7, 11) is 0. The van der Waals surface area contributed by atoms with Gasteiger partial charge in [0.25, 0.3) is 5.56 Å². The minimum absolute atomic E-state index is 0.331. The number of hydrogen-bond donors (Lipinski definition) is 1. The van der Waals surface area contributed by atoms with E-state index < -0.39 is 6.36 Å². The summed E-state index contributed by atoms with van der Waals surface area (Å²) in [6, 6.07) is 12.5. The first-order valence-corrected chi connectivity index (χ1v) is 8.17. The third kappa shape index (κ3) is 3.36. The molecule has 4 aromatic rings. The van der Waals surface area contributed by atoms with Crippen LogP contribution in [-0.2, 0) is 0 Å². The van der Waals surface area contributed by atoms with Gasteiger partial charge in [0.05, 0.1) is 0 Å². The summed E-state index contributed by atoms with van der Waals surface area (Å²) in [4.78, 5) is 15.7. The highest BCUT2D eigenvalue weighted by molar-refractivity contribution is 5.94. The lowest BCUT2D eigenvalue weighted by atomic mass is 10.0. The van der Waals surface area contributed by atoms with Crippen molar-refractivity contribution in [2.75, 3.05) is 0 Å². The molecular weight excluding hydrogens is 376 g/mol. The van der Waals surface area contributed by atoms with Gasteiger partial charge in [0.1, 0.15) is 17.1 Å². The Kier molecular flexibility index (Phi) is 4.18. The first-order valence-electron chi connectivity index (χ1n) is 8.17. The zero-order chi connectivity index (χ0) is 19.9. The number of hydrogen-bond acceptors (Lipinski definition) is 2. The maximum absolute atomic E-state index is 13.3. The van der Waals surface area contributed by atoms with Gasteiger partial charge < -0.3 is 9.72 Å². The van der Waals surface area contributed by atoms with Gasteiger partial charge in [-0.3, -0.25) is 9.36 Å². The summed E-state index contributed by atoms with van der Waals surface area (Å²) in [5, 5.41) is 0.657. The van der Waals surface area contributed by atoms with Crippen molar-refractivity contribution >= 4 is 10.9 Å². The molecule has 0 aliphatic heterocycles. The van der Waals surface area contributed by atoms with Crippen LogP contribution >= 0.6 is 0 Å². The van der Waals surface area contributed by atoms with Crippen molar-refractivity contribution in [3.05, 3.63) is 83.2 Å². The Hall–Kier alpha value is -3.55. The maximum Gasteiger partial charge on any atom is 0.573 e. The molecule has 0 aliphatic carbocycles. The molecule has 2 aromatic carbocycles. The fourth-order valence-corrected chi connectivity index (χ4v) is 3.01. The van der Waals surface area contributed by atoms with Crippen molar-refractivity contribution in [1.82, 2.24) is 9.55 Å². The largest absolute Gasteiger partial charge is 0.573 e. The predicted molar refractivity (Wildman–Crippen MR) is 96.0 cm³/mol. The number of fused-ring (bicyclic) bond motifs is 1. The Morgan fingerprint density at radius 2 is 1.61 bits per heavy atom. The van der Waals surface area contributed by atoms with Gasteiger partial charge in [-0.15, -0.1) is 13.2 Å². The van der Waals surface area contributed by atoms with Crippen molar-refractivity contribution in [1.29, 1.82) is 0 Å². The average Bonchev–Trinajstić information content (AvgIpc) is 3.13. The molecule has 0 saturated carbocycles. The molecule has 8 heteroatoms. The maximum atomic E-state index is 13.3. The van der Waals surface area contributed by atoms with Gasteiger partial charge in [-0.2, -0.15) is 0 Å². The quantitative estimate of drug-likeness (QED) is 0.501. The number of nitrogens with one attached hydrogen (secondary N) is 1. The van der Waals surface area contributed by atoms with E-state index in [-0.39, 0.29) is 17.1 Å². The second-order valence-corrected chi connectivity index (χ2v) is 6.03. The molecule has 1 N–H and O–H groups in total. The molecule has 0 fully saturated rings. The molecular formula is C20H12F4N2O2. The van der Waals surface area contributed by atoms with Crippen LogP contribution in [0.3, 0.4) is 0 Å². The molecule has 2 aromatic heterocycles. The van der Waals surface area contributed by atoms with Crippen molar-refractivity contribution in [3.63, 3.8) is 0 Å². The van der Waals surface area contributed by atoms with Gasteiger partial charge in [0.2, 0.25) is 0 Å². The van der Waals surface area contributed by atoms with E-state index in [9.17, 15) is 22.4 Å². The standard InChI is InChI=1S/C20H12F4N2O2/c21-13-3-1-12(2-4-13)17-11-26(19(27)18-16(17)9-10-25-18)14-5-7-15(8-6-14)28-20(22,23)24/h1-11,25H. The summed E-state index contributed by atoms with van der Waals surface area (Å²) in [5.74, 6) is -0.772. The number of halogens is 4. The summed E-state index contributed by atoms with van der Waals surface area (Å²) >= 11 is 0. The molecule has 0 spiro atoms. The van der Waals surface area contributed by atoms with Crippen LogP contribution in [0.4, 0.5) is 17.6 Å². The van der Waals surface area contributed by atoms with Gasteiger partial charge in [-0.1, -0.05) is 12.1 Å². The number of nitrogens with zero attached hydrogens (tertiary/aromatic N) is 1. The Bertz CT molecular complexity index is 1190. The SMILES string of the molecule is O=c1c2[nH]ccc2c(-c2ccc(F)cc2)cn1-c1ccc(OC(F)(F)F)cc1. The van der Waals surface area contributed by atoms with Gasteiger partial charge >= 0.3 is 6.36 Å². The fourth-order valence-electron chi connectivity index (χ4n) is 3.01. The van der Waals surface area contributed by atoms with Crippen molar-refractivity contribution in [2.24, 2.45) is 0 Å². The normalized spacial score (nSPS) is 11.7. The zero-order valence-corrected chi connectivity index (χ0v) is 14.1. The monoisotopic (exact) mass is 388 g/mol. The topological polar surface area (TPSA) is 47.0 Å². The van der Waals surface area contributed by atoms with Crippen molar-refractivity contribution in [3.8, 4) is 22.6 Å². The van der Waals surface area contributed by atoms with Gasteiger partial charge in [-0.25, -0.2) is 4.39 Å². The lowest BCUT2D eigenvalue weighted by Gasteiger charge is -2.12. The van der Waals surface area contributed by atoms with Crippen molar-refractivity contribution < 1.29 is 22.3 Å². The van der Waals surface area contributed by atoms with Crippen LogP contribution < -0.4 is 10.3 Å². The second-order valence-electron chi connectivity index (χ2n) is 6.03. The zero-order valence-electron chi connectivity index (χ0n) is 14.1. The molecule has 0 bridgehead atoms. The molecule has 4 nitrogen and oxygen atoms in total. The first kappa shape index (κ1) is 17.8.